The standard InChI is InChI=1S/C17H22N6O2S/c1-13-2-4-14(5-3-13)26-15-6-8-23(9-7-15)16(24)25-17(10-18,11-19)12-21-22-20/h2-5,10-11,15,18-19H,6-9,12H2,1H3. The molecule has 0 spiro atoms. The summed E-state index contributed by atoms with van der Waals surface area (Å²) in [5.41, 5.74) is 8.04. The molecule has 0 radical (unpaired) electrons. The van der Waals surface area contributed by atoms with Crippen LogP contribution in [0, 0.1) is 17.7 Å². The van der Waals surface area contributed by atoms with E-state index in [9.17, 15) is 4.79 Å². The van der Waals surface area contributed by atoms with E-state index in [1.165, 1.54) is 10.5 Å². The molecule has 1 aliphatic rings. The van der Waals surface area contributed by atoms with Gasteiger partial charge in [0.1, 0.15) is 0 Å². The Labute approximate surface area is 156 Å². The maximum absolute atomic E-state index is 12.4. The Hall–Kier alpha value is -2.51. The van der Waals surface area contributed by atoms with Crippen LogP contribution >= 0.6 is 11.8 Å². The van der Waals surface area contributed by atoms with E-state index in [0.717, 1.165) is 25.3 Å². The lowest BCUT2D eigenvalue weighted by atomic mass is 10.1. The summed E-state index contributed by atoms with van der Waals surface area (Å²) in [6.07, 6.45) is 2.71. The normalized spacial score (nSPS) is 16.9. The highest BCUT2D eigenvalue weighted by Crippen LogP contribution is 2.30. The van der Waals surface area contributed by atoms with Crippen LogP contribution in [0.1, 0.15) is 18.4 Å². The van der Waals surface area contributed by atoms with Crippen molar-refractivity contribution in [1.29, 1.82) is 10.8 Å². The summed E-state index contributed by atoms with van der Waals surface area (Å²) in [7, 11) is 0. The Bertz CT molecular complexity index is 686. The van der Waals surface area contributed by atoms with Crippen molar-refractivity contribution < 1.29 is 9.53 Å². The lowest BCUT2D eigenvalue weighted by molar-refractivity contribution is 0.0661. The number of azide groups is 1. The highest BCUT2D eigenvalue weighted by atomic mass is 32.2. The van der Waals surface area contributed by atoms with E-state index < -0.39 is 11.7 Å². The van der Waals surface area contributed by atoms with Crippen LogP contribution in [-0.2, 0) is 4.74 Å². The van der Waals surface area contributed by atoms with Crippen LogP contribution in [0.2, 0.25) is 0 Å². The molecule has 138 valence electrons. The minimum Gasteiger partial charge on any atom is -0.431 e. The molecule has 8 nitrogen and oxygen atoms in total. The molecule has 9 heteroatoms. The number of carbonyl (C=O) groups excluding carboxylic acids is 1. The average molecular weight is 374 g/mol. The predicted octanol–water partition coefficient (Wildman–Crippen LogP) is 4.04. The molecule has 2 N–H and O–H groups in total. The third-order valence-electron chi connectivity index (χ3n) is 4.17. The molecule has 0 aliphatic carbocycles. The van der Waals surface area contributed by atoms with Gasteiger partial charge < -0.3 is 20.5 Å². The maximum Gasteiger partial charge on any atom is 0.411 e. The molecule has 2 rings (SSSR count). The Morgan fingerprint density at radius 2 is 2.00 bits per heavy atom. The van der Waals surface area contributed by atoms with E-state index in [4.69, 9.17) is 21.1 Å². The first-order chi connectivity index (χ1) is 12.5. The van der Waals surface area contributed by atoms with E-state index >= 15 is 0 Å². The quantitative estimate of drug-likeness (QED) is 0.324. The summed E-state index contributed by atoms with van der Waals surface area (Å²) in [4.78, 5) is 17.7. The molecule has 1 heterocycles. The number of thioether (sulfide) groups is 1. The number of nitrogens with one attached hydrogen (secondary N) is 2. The van der Waals surface area contributed by atoms with Gasteiger partial charge in [0.05, 0.1) is 6.54 Å². The predicted molar refractivity (Wildman–Crippen MR) is 102 cm³/mol. The zero-order valence-corrected chi connectivity index (χ0v) is 15.4. The van der Waals surface area contributed by atoms with Crippen molar-refractivity contribution in [3.63, 3.8) is 0 Å². The van der Waals surface area contributed by atoms with Crippen LogP contribution in [0.5, 0.6) is 0 Å². The summed E-state index contributed by atoms with van der Waals surface area (Å²) in [6, 6.07) is 8.40. The number of aryl methyl sites for hydroxylation is 1. The number of ether oxygens (including phenoxy) is 1. The SMILES string of the molecule is Cc1ccc(SC2CCN(C(=O)OC(C=N)(C=N)CN=[N+]=[N-])CC2)cc1. The summed E-state index contributed by atoms with van der Waals surface area (Å²) < 4.78 is 5.27. The average Bonchev–Trinajstić information content (AvgIpc) is 2.67. The third kappa shape index (κ3) is 5.24. The number of likely N-dealkylation sites (tertiary alicyclic amines) is 1. The van der Waals surface area contributed by atoms with Crippen LogP contribution < -0.4 is 0 Å². The fraction of sp³-hybridized carbons (Fsp3) is 0.471. The van der Waals surface area contributed by atoms with Crippen molar-refractivity contribution in [2.24, 2.45) is 5.11 Å². The second kappa shape index (κ2) is 9.26. The molecule has 0 atom stereocenters. The third-order valence-corrected chi connectivity index (χ3v) is 5.52. The fourth-order valence-electron chi connectivity index (χ4n) is 2.56. The number of piperidine rings is 1. The number of benzene rings is 1. The first kappa shape index (κ1) is 19.8. The van der Waals surface area contributed by atoms with Crippen LogP contribution in [0.15, 0.2) is 34.3 Å². The lowest BCUT2D eigenvalue weighted by Crippen LogP contribution is -2.47. The second-order valence-corrected chi connectivity index (χ2v) is 7.49. The molecule has 26 heavy (non-hydrogen) atoms. The van der Waals surface area contributed by atoms with Crippen molar-refractivity contribution >= 4 is 30.3 Å². The molecular formula is C17H22N6O2S. The molecule has 0 aromatic heterocycles. The number of hydrogen-bond acceptors (Lipinski definition) is 6. The Morgan fingerprint density at radius 1 is 1.38 bits per heavy atom. The summed E-state index contributed by atoms with van der Waals surface area (Å²) >= 11 is 1.81. The lowest BCUT2D eigenvalue weighted by Gasteiger charge is -2.33. The number of carbonyl (C=O) groups is 1. The van der Waals surface area contributed by atoms with Gasteiger partial charge in [-0.3, -0.25) is 0 Å². The molecule has 1 saturated heterocycles. The van der Waals surface area contributed by atoms with Crippen molar-refractivity contribution in [2.45, 2.75) is 35.5 Å². The highest BCUT2D eigenvalue weighted by molar-refractivity contribution is 8.00. The number of hydrogen-bond donors (Lipinski definition) is 2. The largest absolute Gasteiger partial charge is 0.431 e. The molecule has 1 aliphatic heterocycles. The van der Waals surface area contributed by atoms with Crippen LogP contribution in [0.25, 0.3) is 10.4 Å². The van der Waals surface area contributed by atoms with Gasteiger partial charge >= 0.3 is 6.09 Å². The zero-order valence-electron chi connectivity index (χ0n) is 14.6. The molecule has 1 aromatic rings. The van der Waals surface area contributed by atoms with Gasteiger partial charge in [0.25, 0.3) is 0 Å². The first-order valence-electron chi connectivity index (χ1n) is 8.27. The molecule has 1 fully saturated rings. The molecule has 1 amide bonds. The Balaban J connectivity index is 1.88. The van der Waals surface area contributed by atoms with Gasteiger partial charge in [0.15, 0.2) is 5.60 Å². The molecule has 1 aromatic carbocycles. The highest BCUT2D eigenvalue weighted by Gasteiger charge is 2.33. The Morgan fingerprint density at radius 3 is 2.54 bits per heavy atom. The number of amides is 1. The summed E-state index contributed by atoms with van der Waals surface area (Å²) in [6.45, 7) is 2.86. The monoisotopic (exact) mass is 374 g/mol. The summed E-state index contributed by atoms with van der Waals surface area (Å²) in [5, 5.41) is 18.6. The molecule has 0 saturated carbocycles. The van der Waals surface area contributed by atoms with Crippen molar-refractivity contribution in [1.82, 2.24) is 4.90 Å². The van der Waals surface area contributed by atoms with Gasteiger partial charge in [0, 0.05) is 40.6 Å². The molecular weight excluding hydrogens is 352 g/mol. The molecule has 0 bridgehead atoms. The zero-order chi connectivity index (χ0) is 19.0. The number of rotatable bonds is 7. The van der Waals surface area contributed by atoms with Crippen LogP contribution in [0.3, 0.4) is 0 Å². The van der Waals surface area contributed by atoms with Gasteiger partial charge in [-0.2, -0.15) is 0 Å². The van der Waals surface area contributed by atoms with E-state index in [1.807, 2.05) is 11.8 Å². The van der Waals surface area contributed by atoms with Crippen molar-refractivity contribution in [3.05, 3.63) is 40.3 Å². The van der Waals surface area contributed by atoms with Gasteiger partial charge in [-0.05, 0) is 37.4 Å². The Kier molecular flexibility index (Phi) is 7.06. The van der Waals surface area contributed by atoms with Crippen molar-refractivity contribution in [3.8, 4) is 0 Å². The van der Waals surface area contributed by atoms with Gasteiger partial charge in [-0.25, -0.2) is 4.79 Å². The van der Waals surface area contributed by atoms with Crippen LogP contribution in [0.4, 0.5) is 4.79 Å². The van der Waals surface area contributed by atoms with Gasteiger partial charge in [-0.15, -0.1) is 11.8 Å². The maximum atomic E-state index is 12.4. The topological polar surface area (TPSA) is 126 Å². The van der Waals surface area contributed by atoms with E-state index in [0.29, 0.717) is 18.3 Å². The van der Waals surface area contributed by atoms with E-state index in [-0.39, 0.29) is 6.54 Å². The molecule has 0 unspecified atom stereocenters. The minimum atomic E-state index is -1.61. The summed E-state index contributed by atoms with van der Waals surface area (Å²) in [5.74, 6) is 0. The van der Waals surface area contributed by atoms with Gasteiger partial charge in [0.2, 0.25) is 0 Å². The van der Waals surface area contributed by atoms with E-state index in [2.05, 4.69) is 41.2 Å². The second-order valence-electron chi connectivity index (χ2n) is 6.12. The van der Waals surface area contributed by atoms with Gasteiger partial charge in [-0.1, -0.05) is 22.8 Å². The number of nitrogens with zero attached hydrogens (tertiary/aromatic N) is 4. The fourth-order valence-corrected chi connectivity index (χ4v) is 3.68. The van der Waals surface area contributed by atoms with Crippen molar-refractivity contribution in [2.75, 3.05) is 19.6 Å². The smallest absolute Gasteiger partial charge is 0.411 e. The van der Waals surface area contributed by atoms with Crippen LogP contribution in [-0.4, -0.2) is 53.9 Å². The first-order valence-corrected chi connectivity index (χ1v) is 9.15. The van der Waals surface area contributed by atoms with E-state index in [1.54, 1.807) is 4.90 Å². The minimum absolute atomic E-state index is 0.304.